The highest BCUT2D eigenvalue weighted by Crippen LogP contribution is 2.24. The lowest BCUT2D eigenvalue weighted by Gasteiger charge is -2.15. The number of carbonyl (C=O) groups excluding carboxylic acids is 2. The van der Waals surface area contributed by atoms with Crippen molar-refractivity contribution in [3.05, 3.63) is 23.8 Å². The van der Waals surface area contributed by atoms with E-state index in [2.05, 4.69) is 24.5 Å². The van der Waals surface area contributed by atoms with Gasteiger partial charge in [-0.25, -0.2) is 0 Å². The number of amides is 2. The van der Waals surface area contributed by atoms with Gasteiger partial charge in [0, 0.05) is 0 Å². The first-order valence-electron chi connectivity index (χ1n) is 7.59. The van der Waals surface area contributed by atoms with Crippen molar-refractivity contribution in [3.8, 4) is 5.75 Å². The average molecular weight is 308 g/mol. The molecule has 0 saturated heterocycles. The van der Waals surface area contributed by atoms with Gasteiger partial charge in [-0.2, -0.15) is 0 Å². The molecule has 6 nitrogen and oxygen atoms in total. The van der Waals surface area contributed by atoms with Gasteiger partial charge in [-0.15, -0.1) is 0 Å². The van der Waals surface area contributed by atoms with Gasteiger partial charge in [0.05, 0.1) is 39.0 Å². The van der Waals surface area contributed by atoms with E-state index >= 15 is 0 Å². The number of benzene rings is 1. The Kier molecular flexibility index (Phi) is 7.39. The minimum atomic E-state index is -0.682. The summed E-state index contributed by atoms with van der Waals surface area (Å²) in [5.41, 5.74) is 1.47. The minimum absolute atomic E-state index is 0.480. The van der Waals surface area contributed by atoms with Gasteiger partial charge < -0.3 is 20.3 Å². The van der Waals surface area contributed by atoms with Crippen molar-refractivity contribution in [2.45, 2.75) is 20.8 Å². The second-order valence-electron chi connectivity index (χ2n) is 5.12. The summed E-state index contributed by atoms with van der Waals surface area (Å²) in [5.74, 6) is -0.784. The van der Waals surface area contributed by atoms with E-state index in [1.807, 2.05) is 13.0 Å². The van der Waals surface area contributed by atoms with Crippen LogP contribution in [0.5, 0.6) is 5.75 Å². The summed E-state index contributed by atoms with van der Waals surface area (Å²) in [6.07, 6.45) is 0. The van der Waals surface area contributed by atoms with Gasteiger partial charge in [-0.05, 0) is 38.5 Å². The van der Waals surface area contributed by atoms with Crippen molar-refractivity contribution in [2.75, 3.05) is 38.6 Å². The highest BCUT2D eigenvalue weighted by molar-refractivity contribution is 6.39. The van der Waals surface area contributed by atoms with Crippen molar-refractivity contribution in [2.24, 2.45) is 0 Å². The molecule has 6 heteroatoms. The molecule has 0 heterocycles. The Balaban J connectivity index is 2.54. The zero-order valence-electron chi connectivity index (χ0n) is 13.8. The molecule has 1 rings (SSSR count). The number of carbonyl (C=O) groups is 2. The summed E-state index contributed by atoms with van der Waals surface area (Å²) in [4.78, 5) is 25.1. The molecule has 0 aromatic heterocycles. The fourth-order valence-corrected chi connectivity index (χ4v) is 2.14. The van der Waals surface area contributed by atoms with E-state index in [0.717, 1.165) is 25.2 Å². The molecular formula is C16H26N3O3+. The molecule has 0 aliphatic heterocycles. The lowest BCUT2D eigenvalue weighted by atomic mass is 10.2. The maximum absolute atomic E-state index is 11.9. The van der Waals surface area contributed by atoms with Crippen molar-refractivity contribution in [1.82, 2.24) is 5.32 Å². The summed E-state index contributed by atoms with van der Waals surface area (Å²) in [5, 5.41) is 5.23. The van der Waals surface area contributed by atoms with E-state index in [0.29, 0.717) is 18.0 Å². The Morgan fingerprint density at radius 3 is 2.45 bits per heavy atom. The Bertz CT molecular complexity index is 513. The predicted molar refractivity (Wildman–Crippen MR) is 86.3 cm³/mol. The highest BCUT2D eigenvalue weighted by Gasteiger charge is 2.16. The molecule has 22 heavy (non-hydrogen) atoms. The normalized spacial score (nSPS) is 10.4. The second kappa shape index (κ2) is 9.04. The van der Waals surface area contributed by atoms with Crippen LogP contribution < -0.4 is 20.3 Å². The molecule has 0 atom stereocenters. The van der Waals surface area contributed by atoms with Crippen LogP contribution in [0.15, 0.2) is 18.2 Å². The van der Waals surface area contributed by atoms with Gasteiger partial charge in [-0.3, -0.25) is 9.59 Å². The van der Waals surface area contributed by atoms with Crippen LogP contribution in [0, 0.1) is 6.92 Å². The van der Waals surface area contributed by atoms with Crippen LogP contribution in [-0.4, -0.2) is 45.1 Å². The van der Waals surface area contributed by atoms with Gasteiger partial charge in [0.25, 0.3) is 0 Å². The number of anilines is 1. The van der Waals surface area contributed by atoms with Gasteiger partial charge in [0.1, 0.15) is 5.75 Å². The van der Waals surface area contributed by atoms with Crippen LogP contribution in [-0.2, 0) is 9.59 Å². The lowest BCUT2D eigenvalue weighted by Crippen LogP contribution is -3.12. The van der Waals surface area contributed by atoms with Gasteiger partial charge in [0.2, 0.25) is 0 Å². The molecule has 0 aliphatic rings. The zero-order valence-corrected chi connectivity index (χ0v) is 13.8. The maximum Gasteiger partial charge on any atom is 0.313 e. The number of aryl methyl sites for hydroxylation is 1. The van der Waals surface area contributed by atoms with E-state index in [1.54, 1.807) is 12.1 Å². The van der Waals surface area contributed by atoms with E-state index in [4.69, 9.17) is 4.74 Å². The van der Waals surface area contributed by atoms with Gasteiger partial charge in [0.15, 0.2) is 0 Å². The number of hydrogen-bond donors (Lipinski definition) is 3. The molecule has 0 spiro atoms. The van der Waals surface area contributed by atoms with Crippen LogP contribution in [0.1, 0.15) is 19.4 Å². The molecule has 1 aromatic rings. The van der Waals surface area contributed by atoms with Crippen molar-refractivity contribution >= 4 is 17.5 Å². The molecule has 1 aromatic carbocycles. The topological polar surface area (TPSA) is 71.9 Å². The fourth-order valence-electron chi connectivity index (χ4n) is 2.14. The third kappa shape index (κ3) is 5.37. The Labute approximate surface area is 131 Å². The largest absolute Gasteiger partial charge is 0.495 e. The number of methoxy groups -OCH3 is 1. The number of likely N-dealkylation sites (N-methyl/N-ethyl adjacent to an activating group) is 1. The smallest absolute Gasteiger partial charge is 0.313 e. The Morgan fingerprint density at radius 2 is 1.86 bits per heavy atom. The number of quaternary nitrogens is 1. The molecule has 0 radical (unpaired) electrons. The summed E-state index contributed by atoms with van der Waals surface area (Å²) < 4.78 is 5.17. The van der Waals surface area contributed by atoms with Crippen LogP contribution in [0.2, 0.25) is 0 Å². The number of nitrogens with one attached hydrogen (secondary N) is 3. The fraction of sp³-hybridized carbons (Fsp3) is 0.500. The number of ether oxygens (including phenoxy) is 1. The predicted octanol–water partition coefficient (Wildman–Crippen LogP) is -0.0170. The lowest BCUT2D eigenvalue weighted by molar-refractivity contribution is -0.895. The molecule has 0 saturated carbocycles. The summed E-state index contributed by atoms with van der Waals surface area (Å²) in [6, 6.07) is 5.40. The first-order valence-corrected chi connectivity index (χ1v) is 7.59. The number of rotatable bonds is 7. The maximum atomic E-state index is 11.9. The van der Waals surface area contributed by atoms with Crippen molar-refractivity contribution in [3.63, 3.8) is 0 Å². The second-order valence-corrected chi connectivity index (χ2v) is 5.12. The first-order chi connectivity index (χ1) is 10.5. The van der Waals surface area contributed by atoms with Gasteiger partial charge >= 0.3 is 11.8 Å². The molecule has 0 aliphatic carbocycles. The highest BCUT2D eigenvalue weighted by atomic mass is 16.5. The van der Waals surface area contributed by atoms with E-state index in [1.165, 1.54) is 12.0 Å². The number of hydrogen-bond acceptors (Lipinski definition) is 3. The summed E-state index contributed by atoms with van der Waals surface area (Å²) >= 11 is 0. The van der Waals surface area contributed by atoms with Crippen molar-refractivity contribution < 1.29 is 19.2 Å². The van der Waals surface area contributed by atoms with Crippen LogP contribution >= 0.6 is 0 Å². The average Bonchev–Trinajstić information content (AvgIpc) is 2.51. The standard InChI is InChI=1S/C16H25N3O3/c1-5-19(6-2)10-9-17-15(20)16(21)18-13-11-12(3)7-8-14(13)22-4/h7-8,11H,5-6,9-10H2,1-4H3,(H,17,20)(H,18,21)/p+1. The molecule has 0 fully saturated rings. The van der Waals surface area contributed by atoms with E-state index < -0.39 is 11.8 Å². The van der Waals surface area contributed by atoms with Crippen LogP contribution in [0.25, 0.3) is 0 Å². The van der Waals surface area contributed by atoms with E-state index in [-0.39, 0.29) is 0 Å². The molecule has 122 valence electrons. The molecular weight excluding hydrogens is 282 g/mol. The SMILES string of the molecule is CC[NH+](CC)CCNC(=O)C(=O)Nc1cc(C)ccc1OC. The van der Waals surface area contributed by atoms with E-state index in [9.17, 15) is 9.59 Å². The third-order valence-electron chi connectivity index (χ3n) is 3.57. The molecule has 2 amide bonds. The first kappa shape index (κ1) is 18.0. The Morgan fingerprint density at radius 1 is 1.18 bits per heavy atom. The molecule has 0 unspecified atom stereocenters. The van der Waals surface area contributed by atoms with Gasteiger partial charge in [-0.1, -0.05) is 6.07 Å². The van der Waals surface area contributed by atoms with Crippen LogP contribution in [0.3, 0.4) is 0 Å². The molecule has 0 bridgehead atoms. The zero-order chi connectivity index (χ0) is 16.5. The quantitative estimate of drug-likeness (QED) is 0.620. The Hall–Kier alpha value is -2.08. The minimum Gasteiger partial charge on any atom is -0.495 e. The monoisotopic (exact) mass is 308 g/mol. The molecule has 3 N–H and O–H groups in total. The third-order valence-corrected chi connectivity index (χ3v) is 3.57. The van der Waals surface area contributed by atoms with Crippen LogP contribution in [0.4, 0.5) is 5.69 Å². The summed E-state index contributed by atoms with van der Waals surface area (Å²) in [7, 11) is 1.52. The summed E-state index contributed by atoms with van der Waals surface area (Å²) in [6.45, 7) is 9.38. The van der Waals surface area contributed by atoms with Crippen molar-refractivity contribution in [1.29, 1.82) is 0 Å².